The van der Waals surface area contributed by atoms with Gasteiger partial charge >= 0.3 is 0 Å². The number of nitrogens with zero attached hydrogens (tertiary/aromatic N) is 1. The minimum absolute atomic E-state index is 0.0124. The Bertz CT molecular complexity index is 885. The molecule has 1 fully saturated rings. The molecule has 1 aromatic heterocycles. The van der Waals surface area contributed by atoms with Gasteiger partial charge in [-0.05, 0) is 62.6 Å². The molecule has 2 N–H and O–H groups in total. The largest absolute Gasteiger partial charge is 0.497 e. The topological polar surface area (TPSA) is 80.3 Å². The van der Waals surface area contributed by atoms with E-state index in [1.54, 1.807) is 18.4 Å². The maximum absolute atomic E-state index is 12.5. The molecule has 1 atom stereocenters. The van der Waals surface area contributed by atoms with Crippen molar-refractivity contribution in [1.82, 2.24) is 15.6 Å². The first-order chi connectivity index (χ1) is 14.5. The minimum Gasteiger partial charge on any atom is -0.497 e. The molecule has 2 heterocycles. The Hall–Kier alpha value is -2.41. The van der Waals surface area contributed by atoms with Crippen molar-refractivity contribution in [2.45, 2.75) is 69.9 Å². The van der Waals surface area contributed by atoms with Gasteiger partial charge in [-0.25, -0.2) is 4.98 Å². The number of nitrogens with one attached hydrogen (secondary N) is 2. The van der Waals surface area contributed by atoms with Crippen molar-refractivity contribution >= 4 is 23.2 Å². The van der Waals surface area contributed by atoms with Gasteiger partial charge in [-0.1, -0.05) is 12.1 Å². The lowest BCUT2D eigenvalue weighted by Crippen LogP contribution is -2.44. The maximum atomic E-state index is 12.5. The van der Waals surface area contributed by atoms with E-state index in [9.17, 15) is 9.59 Å². The molecule has 160 valence electrons. The van der Waals surface area contributed by atoms with Gasteiger partial charge in [0.2, 0.25) is 11.8 Å². The van der Waals surface area contributed by atoms with Crippen molar-refractivity contribution in [3.63, 3.8) is 0 Å². The van der Waals surface area contributed by atoms with E-state index >= 15 is 0 Å². The third-order valence-electron chi connectivity index (χ3n) is 6.09. The van der Waals surface area contributed by atoms with Gasteiger partial charge < -0.3 is 15.4 Å². The quantitative estimate of drug-likeness (QED) is 0.677. The molecule has 4 rings (SSSR count). The number of benzene rings is 1. The Morgan fingerprint density at radius 1 is 1.23 bits per heavy atom. The van der Waals surface area contributed by atoms with E-state index in [0.717, 1.165) is 42.0 Å². The number of fused-ring (bicyclic) bond motifs is 1. The lowest BCUT2D eigenvalue weighted by molar-refractivity contribution is -0.122. The number of methoxy groups -OCH3 is 1. The lowest BCUT2D eigenvalue weighted by atomic mass is 9.85. The summed E-state index contributed by atoms with van der Waals surface area (Å²) in [6.45, 7) is 0.494. The number of carbonyl (C=O) groups excluding carboxylic acids is 2. The van der Waals surface area contributed by atoms with E-state index in [2.05, 4.69) is 10.6 Å². The van der Waals surface area contributed by atoms with Gasteiger partial charge in [0, 0.05) is 23.3 Å². The van der Waals surface area contributed by atoms with Crippen LogP contribution in [0.3, 0.4) is 0 Å². The summed E-state index contributed by atoms with van der Waals surface area (Å²) in [5.41, 5.74) is 2.00. The molecule has 2 amide bonds. The Balaban J connectivity index is 1.32. The molecule has 2 aliphatic rings. The molecule has 0 spiro atoms. The summed E-state index contributed by atoms with van der Waals surface area (Å²) < 4.78 is 5.22. The van der Waals surface area contributed by atoms with Crippen molar-refractivity contribution in [2.75, 3.05) is 7.11 Å². The van der Waals surface area contributed by atoms with E-state index in [1.807, 2.05) is 24.3 Å². The predicted octanol–water partition coefficient (Wildman–Crippen LogP) is 3.32. The summed E-state index contributed by atoms with van der Waals surface area (Å²) in [6, 6.07) is 7.91. The molecular weight excluding hydrogens is 398 g/mol. The minimum atomic E-state index is -0.358. The van der Waals surface area contributed by atoms with Crippen molar-refractivity contribution in [1.29, 1.82) is 0 Å². The summed E-state index contributed by atoms with van der Waals surface area (Å²) in [7, 11) is 1.65. The van der Waals surface area contributed by atoms with E-state index < -0.39 is 0 Å². The highest BCUT2D eigenvalue weighted by molar-refractivity contribution is 7.11. The van der Waals surface area contributed by atoms with Gasteiger partial charge in [0.05, 0.1) is 19.3 Å². The highest BCUT2D eigenvalue weighted by Gasteiger charge is 2.37. The number of rotatable bonds is 8. The fourth-order valence-electron chi connectivity index (χ4n) is 4.41. The molecule has 2 aromatic rings. The van der Waals surface area contributed by atoms with Crippen molar-refractivity contribution in [2.24, 2.45) is 0 Å². The fourth-order valence-corrected chi connectivity index (χ4v) is 5.51. The Morgan fingerprint density at radius 2 is 2.03 bits per heavy atom. The zero-order valence-corrected chi connectivity index (χ0v) is 18.3. The molecule has 30 heavy (non-hydrogen) atoms. The lowest BCUT2D eigenvalue weighted by Gasteiger charge is -2.29. The highest BCUT2D eigenvalue weighted by Crippen LogP contribution is 2.30. The number of hydrogen-bond donors (Lipinski definition) is 2. The molecular formula is C23H29N3O3S. The predicted molar refractivity (Wildman–Crippen MR) is 117 cm³/mol. The summed E-state index contributed by atoms with van der Waals surface area (Å²) in [6.07, 6.45) is 7.64. The maximum Gasteiger partial charge on any atom is 0.220 e. The average Bonchev–Trinajstić information content (AvgIpc) is 3.34. The molecule has 0 saturated carbocycles. The van der Waals surface area contributed by atoms with Gasteiger partial charge in [-0.2, -0.15) is 0 Å². The molecule has 1 aromatic carbocycles. The Morgan fingerprint density at radius 3 is 2.73 bits per heavy atom. The first-order valence-corrected chi connectivity index (χ1v) is 11.5. The van der Waals surface area contributed by atoms with Crippen LogP contribution in [-0.4, -0.2) is 29.4 Å². The average molecular weight is 428 g/mol. The zero-order chi connectivity index (χ0) is 21.0. The number of thiazole rings is 1. The third-order valence-corrected chi connectivity index (χ3v) is 7.25. The van der Waals surface area contributed by atoms with Crippen LogP contribution < -0.4 is 15.4 Å². The van der Waals surface area contributed by atoms with Crippen LogP contribution >= 0.6 is 11.3 Å². The van der Waals surface area contributed by atoms with Crippen molar-refractivity contribution < 1.29 is 14.3 Å². The summed E-state index contributed by atoms with van der Waals surface area (Å²) in [5, 5.41) is 7.16. The summed E-state index contributed by atoms with van der Waals surface area (Å²) in [4.78, 5) is 30.6. The van der Waals surface area contributed by atoms with E-state index in [0.29, 0.717) is 25.8 Å². The van der Waals surface area contributed by atoms with Gasteiger partial charge in [-0.15, -0.1) is 11.3 Å². The number of carbonyl (C=O) groups is 2. The number of aromatic nitrogens is 1. The van der Waals surface area contributed by atoms with Gasteiger partial charge in [0.15, 0.2) is 0 Å². The highest BCUT2D eigenvalue weighted by atomic mass is 32.1. The van der Waals surface area contributed by atoms with Crippen LogP contribution in [0.15, 0.2) is 24.3 Å². The number of ether oxygens (including phenoxy) is 1. The standard InChI is InChI=1S/C23H29N3O3S/c1-29-17-8-6-16(7-9-17)14-23(13-11-21(28)26-23)12-10-20(27)24-15-22-25-18-4-2-3-5-19(18)30-22/h6-9H,2-5,10-15H2,1H3,(H,24,27)(H,26,28)/t23-/m1/s1. The van der Waals surface area contributed by atoms with Crippen molar-refractivity contribution in [3.05, 3.63) is 45.4 Å². The van der Waals surface area contributed by atoms with Crippen LogP contribution in [0.2, 0.25) is 0 Å². The first kappa shape index (κ1) is 20.8. The summed E-state index contributed by atoms with van der Waals surface area (Å²) in [5.74, 6) is 0.891. The van der Waals surface area contributed by atoms with E-state index in [4.69, 9.17) is 9.72 Å². The Kier molecular flexibility index (Phi) is 6.37. The second-order valence-corrected chi connectivity index (χ2v) is 9.48. The van der Waals surface area contributed by atoms with Gasteiger partial charge in [-0.3, -0.25) is 9.59 Å². The molecule has 7 heteroatoms. The van der Waals surface area contributed by atoms with Crippen LogP contribution in [0.25, 0.3) is 0 Å². The number of hydrogen-bond acceptors (Lipinski definition) is 5. The van der Waals surface area contributed by atoms with E-state index in [1.165, 1.54) is 23.4 Å². The molecule has 1 saturated heterocycles. The van der Waals surface area contributed by atoms with Crippen LogP contribution in [0.1, 0.15) is 59.7 Å². The molecule has 0 radical (unpaired) electrons. The SMILES string of the molecule is COc1ccc(C[C@@]2(CCC(=O)NCc3nc4c(s3)CCCC4)CCC(=O)N2)cc1. The molecule has 0 bridgehead atoms. The van der Waals surface area contributed by atoms with Crippen LogP contribution in [-0.2, 0) is 35.4 Å². The van der Waals surface area contributed by atoms with Crippen LogP contribution in [0, 0.1) is 0 Å². The second-order valence-electron chi connectivity index (χ2n) is 8.31. The third kappa shape index (κ3) is 5.01. The number of amides is 2. The zero-order valence-electron chi connectivity index (χ0n) is 17.5. The number of aryl methyl sites for hydroxylation is 2. The first-order valence-electron chi connectivity index (χ1n) is 10.7. The Labute approximate surface area is 181 Å². The normalized spacial score (nSPS) is 20.5. The van der Waals surface area contributed by atoms with Gasteiger partial charge in [0.1, 0.15) is 10.8 Å². The van der Waals surface area contributed by atoms with Crippen LogP contribution in [0.5, 0.6) is 5.75 Å². The molecule has 1 aliphatic carbocycles. The smallest absolute Gasteiger partial charge is 0.220 e. The second kappa shape index (κ2) is 9.16. The van der Waals surface area contributed by atoms with Crippen molar-refractivity contribution in [3.8, 4) is 5.75 Å². The molecule has 1 aliphatic heterocycles. The van der Waals surface area contributed by atoms with E-state index in [-0.39, 0.29) is 17.4 Å². The summed E-state index contributed by atoms with van der Waals surface area (Å²) >= 11 is 1.73. The van der Waals surface area contributed by atoms with Gasteiger partial charge in [0.25, 0.3) is 0 Å². The van der Waals surface area contributed by atoms with Crippen LogP contribution in [0.4, 0.5) is 0 Å². The molecule has 6 nitrogen and oxygen atoms in total. The molecule has 0 unspecified atom stereocenters. The fraction of sp³-hybridized carbons (Fsp3) is 0.522. The monoisotopic (exact) mass is 427 g/mol.